The number of ether oxygens (including phenoxy) is 1. The van der Waals surface area contributed by atoms with Crippen molar-refractivity contribution >= 4 is 15.9 Å². The van der Waals surface area contributed by atoms with Gasteiger partial charge in [-0.3, -0.25) is 4.79 Å². The highest BCUT2D eigenvalue weighted by Gasteiger charge is 2.15. The largest absolute Gasteiger partial charge is 0.497 e. The molecule has 6 nitrogen and oxygen atoms in total. The zero-order valence-electron chi connectivity index (χ0n) is 15.9. The number of benzene rings is 2. The van der Waals surface area contributed by atoms with Gasteiger partial charge < -0.3 is 10.1 Å². The summed E-state index contributed by atoms with van der Waals surface area (Å²) >= 11 is 0. The predicted molar refractivity (Wildman–Crippen MR) is 105 cm³/mol. The van der Waals surface area contributed by atoms with E-state index in [-0.39, 0.29) is 17.3 Å². The summed E-state index contributed by atoms with van der Waals surface area (Å²) in [4.78, 5) is 12.2. The number of hydrogen-bond acceptors (Lipinski definition) is 4. The molecule has 7 heteroatoms. The van der Waals surface area contributed by atoms with Crippen molar-refractivity contribution in [3.05, 3.63) is 59.7 Å². The molecule has 0 radical (unpaired) electrons. The summed E-state index contributed by atoms with van der Waals surface area (Å²) in [6.45, 7) is 4.94. The molecule has 2 aromatic rings. The summed E-state index contributed by atoms with van der Waals surface area (Å²) < 4.78 is 32.5. The molecule has 0 heterocycles. The van der Waals surface area contributed by atoms with E-state index in [1.54, 1.807) is 31.4 Å². The van der Waals surface area contributed by atoms with Gasteiger partial charge in [-0.05, 0) is 54.3 Å². The van der Waals surface area contributed by atoms with Crippen LogP contribution >= 0.6 is 0 Å². The standard InChI is InChI=1S/C20H26N2O4S/c1-15(2)12-13-21-20(23)17-6-10-19(11-7-17)27(24,25)22-14-16-4-8-18(26-3)9-5-16/h4-11,15,22H,12-14H2,1-3H3,(H,21,23). The maximum atomic E-state index is 12.4. The number of methoxy groups -OCH3 is 1. The second kappa shape index (κ2) is 9.53. The first-order chi connectivity index (χ1) is 12.8. The van der Waals surface area contributed by atoms with Gasteiger partial charge in [0.2, 0.25) is 10.0 Å². The van der Waals surface area contributed by atoms with Crippen molar-refractivity contribution in [3.8, 4) is 5.75 Å². The van der Waals surface area contributed by atoms with Gasteiger partial charge in [-0.1, -0.05) is 26.0 Å². The van der Waals surface area contributed by atoms with Gasteiger partial charge in [0.05, 0.1) is 12.0 Å². The van der Waals surface area contributed by atoms with Crippen molar-refractivity contribution in [2.24, 2.45) is 5.92 Å². The third kappa shape index (κ3) is 6.37. The molecule has 0 aromatic heterocycles. The monoisotopic (exact) mass is 390 g/mol. The van der Waals surface area contributed by atoms with Crippen LogP contribution in [0.4, 0.5) is 0 Å². The van der Waals surface area contributed by atoms with Crippen LogP contribution in [0.15, 0.2) is 53.4 Å². The Morgan fingerprint density at radius 1 is 1.04 bits per heavy atom. The minimum absolute atomic E-state index is 0.120. The van der Waals surface area contributed by atoms with Gasteiger partial charge >= 0.3 is 0 Å². The van der Waals surface area contributed by atoms with E-state index < -0.39 is 10.0 Å². The minimum Gasteiger partial charge on any atom is -0.497 e. The van der Waals surface area contributed by atoms with Crippen molar-refractivity contribution in [2.75, 3.05) is 13.7 Å². The molecule has 1 amide bonds. The number of nitrogens with one attached hydrogen (secondary N) is 2. The zero-order valence-corrected chi connectivity index (χ0v) is 16.7. The highest BCUT2D eigenvalue weighted by atomic mass is 32.2. The van der Waals surface area contributed by atoms with Crippen LogP contribution in [0.2, 0.25) is 0 Å². The molecular weight excluding hydrogens is 364 g/mol. The Morgan fingerprint density at radius 2 is 1.67 bits per heavy atom. The number of hydrogen-bond donors (Lipinski definition) is 2. The second-order valence-electron chi connectivity index (χ2n) is 6.64. The molecule has 0 spiro atoms. The van der Waals surface area contributed by atoms with Crippen LogP contribution in [-0.4, -0.2) is 28.0 Å². The highest BCUT2D eigenvalue weighted by molar-refractivity contribution is 7.89. The number of carbonyl (C=O) groups is 1. The van der Waals surface area contributed by atoms with Gasteiger partial charge in [0, 0.05) is 18.7 Å². The third-order valence-corrected chi connectivity index (χ3v) is 5.48. The number of sulfonamides is 1. The smallest absolute Gasteiger partial charge is 0.251 e. The molecule has 27 heavy (non-hydrogen) atoms. The lowest BCUT2D eigenvalue weighted by Crippen LogP contribution is -2.26. The lowest BCUT2D eigenvalue weighted by atomic mass is 10.1. The quantitative estimate of drug-likeness (QED) is 0.689. The molecule has 0 aliphatic carbocycles. The average molecular weight is 391 g/mol. The Morgan fingerprint density at radius 3 is 2.22 bits per heavy atom. The molecular formula is C20H26N2O4S. The molecule has 0 aliphatic heterocycles. The van der Waals surface area contributed by atoms with Gasteiger partial charge in [0.15, 0.2) is 0 Å². The molecule has 146 valence electrons. The maximum absolute atomic E-state index is 12.4. The summed E-state index contributed by atoms with van der Waals surface area (Å²) in [5, 5.41) is 2.83. The minimum atomic E-state index is -3.66. The van der Waals surface area contributed by atoms with Crippen LogP contribution in [-0.2, 0) is 16.6 Å². The summed E-state index contributed by atoms with van der Waals surface area (Å²) in [6.07, 6.45) is 0.896. The fourth-order valence-corrected chi connectivity index (χ4v) is 3.38. The summed E-state index contributed by atoms with van der Waals surface area (Å²) in [6, 6.07) is 13.1. The van der Waals surface area contributed by atoms with E-state index in [1.807, 2.05) is 0 Å². The first kappa shape index (κ1) is 20.9. The van der Waals surface area contributed by atoms with Gasteiger partial charge in [-0.25, -0.2) is 13.1 Å². The number of carbonyl (C=O) groups excluding carboxylic acids is 1. The molecule has 0 aliphatic rings. The highest BCUT2D eigenvalue weighted by Crippen LogP contribution is 2.14. The molecule has 0 unspecified atom stereocenters. The second-order valence-corrected chi connectivity index (χ2v) is 8.40. The van der Waals surface area contributed by atoms with Crippen molar-refractivity contribution in [3.63, 3.8) is 0 Å². The van der Waals surface area contributed by atoms with Gasteiger partial charge in [-0.15, -0.1) is 0 Å². The Hall–Kier alpha value is -2.38. The summed E-state index contributed by atoms with van der Waals surface area (Å²) in [5.41, 5.74) is 1.26. The van der Waals surface area contributed by atoms with E-state index in [0.29, 0.717) is 23.8 Å². The lowest BCUT2D eigenvalue weighted by molar-refractivity contribution is 0.0952. The summed E-state index contributed by atoms with van der Waals surface area (Å²) in [7, 11) is -2.08. The van der Waals surface area contributed by atoms with Crippen molar-refractivity contribution < 1.29 is 17.9 Å². The molecule has 2 aromatic carbocycles. The molecule has 0 saturated carbocycles. The first-order valence-electron chi connectivity index (χ1n) is 8.82. The Bertz CT molecular complexity index is 845. The van der Waals surface area contributed by atoms with E-state index in [2.05, 4.69) is 23.9 Å². The summed E-state index contributed by atoms with van der Waals surface area (Å²) in [5.74, 6) is 1.02. The lowest BCUT2D eigenvalue weighted by Gasteiger charge is -2.09. The van der Waals surface area contributed by atoms with Gasteiger partial charge in [-0.2, -0.15) is 0 Å². The van der Waals surface area contributed by atoms with Crippen LogP contribution in [0.1, 0.15) is 36.2 Å². The number of rotatable bonds is 9. The maximum Gasteiger partial charge on any atom is 0.251 e. The fraction of sp³-hybridized carbons (Fsp3) is 0.350. The fourth-order valence-electron chi connectivity index (χ4n) is 2.37. The van der Waals surface area contributed by atoms with Crippen molar-refractivity contribution in [2.45, 2.75) is 31.7 Å². The van der Waals surface area contributed by atoms with Crippen LogP contribution in [0, 0.1) is 5.92 Å². The molecule has 2 N–H and O–H groups in total. The van der Waals surface area contributed by atoms with Gasteiger partial charge in [0.25, 0.3) is 5.91 Å². The van der Waals surface area contributed by atoms with Crippen molar-refractivity contribution in [1.82, 2.24) is 10.0 Å². The SMILES string of the molecule is COc1ccc(CNS(=O)(=O)c2ccc(C(=O)NCCC(C)C)cc2)cc1. The van der Waals surface area contributed by atoms with Gasteiger partial charge in [0.1, 0.15) is 5.75 Å². The van der Waals surface area contributed by atoms with Crippen LogP contribution in [0.25, 0.3) is 0 Å². The number of amides is 1. The van der Waals surface area contributed by atoms with Crippen LogP contribution in [0.5, 0.6) is 5.75 Å². The molecule has 2 rings (SSSR count). The van der Waals surface area contributed by atoms with Crippen LogP contribution < -0.4 is 14.8 Å². The van der Waals surface area contributed by atoms with E-state index in [0.717, 1.165) is 12.0 Å². The van der Waals surface area contributed by atoms with Crippen LogP contribution in [0.3, 0.4) is 0 Å². The van der Waals surface area contributed by atoms with E-state index in [4.69, 9.17) is 4.74 Å². The topological polar surface area (TPSA) is 84.5 Å². The van der Waals surface area contributed by atoms with E-state index in [1.165, 1.54) is 24.3 Å². The predicted octanol–water partition coefficient (Wildman–Crippen LogP) is 2.95. The average Bonchev–Trinajstić information content (AvgIpc) is 2.66. The Balaban J connectivity index is 1.96. The zero-order chi connectivity index (χ0) is 19.9. The Kier molecular flexibility index (Phi) is 7.38. The molecule has 0 saturated heterocycles. The normalized spacial score (nSPS) is 11.4. The van der Waals surface area contributed by atoms with Crippen molar-refractivity contribution in [1.29, 1.82) is 0 Å². The third-order valence-electron chi connectivity index (χ3n) is 4.06. The van der Waals surface area contributed by atoms with E-state index >= 15 is 0 Å². The Labute approximate surface area is 161 Å². The molecule has 0 atom stereocenters. The molecule has 0 bridgehead atoms. The van der Waals surface area contributed by atoms with E-state index in [9.17, 15) is 13.2 Å². The first-order valence-corrected chi connectivity index (χ1v) is 10.3. The molecule has 0 fully saturated rings.